The van der Waals surface area contributed by atoms with Crippen molar-refractivity contribution in [1.82, 2.24) is 4.90 Å². The van der Waals surface area contributed by atoms with E-state index in [1.165, 1.54) is 5.56 Å². The maximum absolute atomic E-state index is 12.8. The number of aryl methyl sites for hydroxylation is 1. The lowest BCUT2D eigenvalue weighted by molar-refractivity contribution is -0.124. The van der Waals surface area contributed by atoms with E-state index in [-0.39, 0.29) is 17.6 Å². The van der Waals surface area contributed by atoms with E-state index in [2.05, 4.69) is 0 Å². The van der Waals surface area contributed by atoms with Gasteiger partial charge in [-0.1, -0.05) is 36.4 Å². The van der Waals surface area contributed by atoms with E-state index in [1.807, 2.05) is 47.4 Å². The van der Waals surface area contributed by atoms with E-state index in [0.29, 0.717) is 30.8 Å². The molecule has 1 atom stereocenters. The van der Waals surface area contributed by atoms with Crippen molar-refractivity contribution in [3.05, 3.63) is 65.7 Å². The lowest BCUT2D eigenvalue weighted by atomic mass is 9.90. The van der Waals surface area contributed by atoms with Crippen LogP contribution in [0.15, 0.2) is 54.6 Å². The van der Waals surface area contributed by atoms with E-state index in [1.54, 1.807) is 19.2 Å². The van der Waals surface area contributed by atoms with Crippen molar-refractivity contribution in [3.8, 4) is 5.75 Å². The number of methoxy groups -OCH3 is 1. The van der Waals surface area contributed by atoms with Gasteiger partial charge in [0.15, 0.2) is 0 Å². The zero-order chi connectivity index (χ0) is 18.4. The van der Waals surface area contributed by atoms with E-state index >= 15 is 0 Å². The molecular weight excluding hydrogens is 326 g/mol. The first-order chi connectivity index (χ1) is 12.7. The van der Waals surface area contributed by atoms with Crippen LogP contribution in [0.4, 0.5) is 0 Å². The molecule has 0 unspecified atom stereocenters. The molecule has 0 aromatic heterocycles. The third-order valence-corrected chi connectivity index (χ3v) is 4.98. The number of amides is 1. The van der Waals surface area contributed by atoms with Gasteiger partial charge >= 0.3 is 0 Å². The average molecular weight is 351 g/mol. The molecule has 0 N–H and O–H groups in total. The zero-order valence-corrected chi connectivity index (χ0v) is 15.2. The Labute approximate surface area is 154 Å². The topological polar surface area (TPSA) is 46.6 Å². The van der Waals surface area contributed by atoms with Crippen LogP contribution >= 0.6 is 0 Å². The van der Waals surface area contributed by atoms with E-state index in [4.69, 9.17) is 4.74 Å². The normalized spacial score (nSPS) is 17.0. The average Bonchev–Trinajstić information content (AvgIpc) is 2.72. The second kappa shape index (κ2) is 8.65. The summed E-state index contributed by atoms with van der Waals surface area (Å²) in [7, 11) is 1.59. The van der Waals surface area contributed by atoms with Gasteiger partial charge in [0.1, 0.15) is 11.5 Å². The highest BCUT2D eigenvalue weighted by molar-refractivity contribution is 5.95. The highest BCUT2D eigenvalue weighted by Gasteiger charge is 2.28. The summed E-state index contributed by atoms with van der Waals surface area (Å²) in [6.07, 6.45) is 3.04. The number of carbonyl (C=O) groups excluding carboxylic acids is 2. The number of likely N-dealkylation sites (tertiary alicyclic amines) is 1. The molecule has 1 fully saturated rings. The molecule has 4 nitrogen and oxygen atoms in total. The molecule has 4 heteroatoms. The molecule has 3 rings (SSSR count). The molecule has 0 saturated carbocycles. The van der Waals surface area contributed by atoms with Crippen LogP contribution in [0.1, 0.15) is 35.2 Å². The minimum Gasteiger partial charge on any atom is -0.497 e. The molecular formula is C22H25NO3. The number of hydrogen-bond acceptors (Lipinski definition) is 3. The second-order valence-electron chi connectivity index (χ2n) is 6.77. The SMILES string of the molecule is COc1cccc(C(=O)N2CCC[C@@H](C(=O)CCc3ccccc3)C2)c1. The van der Waals surface area contributed by atoms with Crippen LogP contribution in [-0.2, 0) is 11.2 Å². The molecule has 2 aromatic carbocycles. The monoisotopic (exact) mass is 351 g/mol. The van der Waals surface area contributed by atoms with Gasteiger partial charge < -0.3 is 9.64 Å². The van der Waals surface area contributed by atoms with Gasteiger partial charge in [0.25, 0.3) is 5.91 Å². The summed E-state index contributed by atoms with van der Waals surface area (Å²) in [5.74, 6) is 0.854. The number of ether oxygens (including phenoxy) is 1. The Balaban J connectivity index is 1.59. The molecule has 1 saturated heterocycles. The van der Waals surface area contributed by atoms with Crippen LogP contribution in [0, 0.1) is 5.92 Å². The number of benzene rings is 2. The van der Waals surface area contributed by atoms with Gasteiger partial charge in [0.05, 0.1) is 7.11 Å². The fraction of sp³-hybridized carbons (Fsp3) is 0.364. The number of ketones is 1. The van der Waals surface area contributed by atoms with E-state index in [9.17, 15) is 9.59 Å². The summed E-state index contributed by atoms with van der Waals surface area (Å²) in [5.41, 5.74) is 1.79. The number of hydrogen-bond donors (Lipinski definition) is 0. The number of rotatable bonds is 6. The number of nitrogens with zero attached hydrogens (tertiary/aromatic N) is 1. The van der Waals surface area contributed by atoms with Crippen molar-refractivity contribution in [2.24, 2.45) is 5.92 Å². The third-order valence-electron chi connectivity index (χ3n) is 4.98. The van der Waals surface area contributed by atoms with Gasteiger partial charge in [-0.2, -0.15) is 0 Å². The molecule has 0 spiro atoms. The summed E-state index contributed by atoms with van der Waals surface area (Å²) < 4.78 is 5.20. The van der Waals surface area contributed by atoms with Crippen LogP contribution in [0.3, 0.4) is 0 Å². The minimum atomic E-state index is -0.0537. The quantitative estimate of drug-likeness (QED) is 0.796. The summed E-state index contributed by atoms with van der Waals surface area (Å²) in [4.78, 5) is 27.2. The molecule has 136 valence electrons. The summed E-state index contributed by atoms with van der Waals surface area (Å²) in [5, 5.41) is 0. The molecule has 0 aliphatic carbocycles. The Morgan fingerprint density at radius 2 is 1.92 bits per heavy atom. The Kier molecular flexibility index (Phi) is 6.05. The number of piperidine rings is 1. The van der Waals surface area contributed by atoms with Gasteiger partial charge in [-0.15, -0.1) is 0 Å². The van der Waals surface area contributed by atoms with Crippen molar-refractivity contribution in [2.75, 3.05) is 20.2 Å². The standard InChI is InChI=1S/C22H25NO3/c1-26-20-11-5-9-18(15-20)22(25)23-14-6-10-19(16-23)21(24)13-12-17-7-3-2-4-8-17/h2-5,7-9,11,15,19H,6,10,12-14,16H2,1H3/t19-/m1/s1. The molecule has 1 aliphatic rings. The predicted octanol–water partition coefficient (Wildman–Crippen LogP) is 3.75. The Morgan fingerprint density at radius 3 is 2.69 bits per heavy atom. The molecule has 2 aromatic rings. The van der Waals surface area contributed by atoms with Crippen molar-refractivity contribution < 1.29 is 14.3 Å². The van der Waals surface area contributed by atoms with Gasteiger partial charge in [0, 0.05) is 31.0 Å². The first kappa shape index (κ1) is 18.2. The van der Waals surface area contributed by atoms with Crippen LogP contribution < -0.4 is 4.74 Å². The molecule has 0 bridgehead atoms. The first-order valence-electron chi connectivity index (χ1n) is 9.17. The fourth-order valence-electron chi connectivity index (χ4n) is 3.48. The molecule has 0 radical (unpaired) electrons. The van der Waals surface area contributed by atoms with Crippen LogP contribution in [0.5, 0.6) is 5.75 Å². The Bertz CT molecular complexity index is 757. The summed E-state index contributed by atoms with van der Waals surface area (Å²) in [6, 6.07) is 17.3. The zero-order valence-electron chi connectivity index (χ0n) is 15.2. The number of Topliss-reactive ketones (excluding diaryl/α,β-unsaturated/α-hetero) is 1. The highest BCUT2D eigenvalue weighted by atomic mass is 16.5. The van der Waals surface area contributed by atoms with Crippen molar-refractivity contribution >= 4 is 11.7 Å². The van der Waals surface area contributed by atoms with E-state index in [0.717, 1.165) is 19.3 Å². The first-order valence-corrected chi connectivity index (χ1v) is 9.17. The molecule has 1 amide bonds. The maximum atomic E-state index is 12.8. The molecule has 26 heavy (non-hydrogen) atoms. The predicted molar refractivity (Wildman–Crippen MR) is 101 cm³/mol. The van der Waals surface area contributed by atoms with Crippen LogP contribution in [0.2, 0.25) is 0 Å². The fourth-order valence-corrected chi connectivity index (χ4v) is 3.48. The largest absolute Gasteiger partial charge is 0.497 e. The lowest BCUT2D eigenvalue weighted by Gasteiger charge is -2.32. The number of carbonyl (C=O) groups is 2. The highest BCUT2D eigenvalue weighted by Crippen LogP contribution is 2.22. The van der Waals surface area contributed by atoms with E-state index < -0.39 is 0 Å². The van der Waals surface area contributed by atoms with Gasteiger partial charge in [-0.25, -0.2) is 0 Å². The molecule has 1 aliphatic heterocycles. The minimum absolute atomic E-state index is 0.0236. The second-order valence-corrected chi connectivity index (χ2v) is 6.77. The van der Waals surface area contributed by atoms with Gasteiger partial charge in [-0.3, -0.25) is 9.59 Å². The van der Waals surface area contributed by atoms with Crippen LogP contribution in [-0.4, -0.2) is 36.8 Å². The van der Waals surface area contributed by atoms with Crippen molar-refractivity contribution in [2.45, 2.75) is 25.7 Å². The Morgan fingerprint density at radius 1 is 1.12 bits per heavy atom. The van der Waals surface area contributed by atoms with Crippen LogP contribution in [0.25, 0.3) is 0 Å². The molecule has 1 heterocycles. The summed E-state index contributed by atoms with van der Waals surface area (Å²) in [6.45, 7) is 1.22. The van der Waals surface area contributed by atoms with Crippen molar-refractivity contribution in [3.63, 3.8) is 0 Å². The maximum Gasteiger partial charge on any atom is 0.254 e. The van der Waals surface area contributed by atoms with Crippen molar-refractivity contribution in [1.29, 1.82) is 0 Å². The van der Waals surface area contributed by atoms with Gasteiger partial charge in [-0.05, 0) is 43.0 Å². The smallest absolute Gasteiger partial charge is 0.254 e. The summed E-state index contributed by atoms with van der Waals surface area (Å²) >= 11 is 0. The Hall–Kier alpha value is -2.62. The lowest BCUT2D eigenvalue weighted by Crippen LogP contribution is -2.42. The van der Waals surface area contributed by atoms with Gasteiger partial charge in [0.2, 0.25) is 0 Å². The third kappa shape index (κ3) is 4.51.